The fraction of sp³-hybridized carbons (Fsp3) is 0.385. The number of urea groups is 1. The first-order chi connectivity index (χ1) is 18.8. The van der Waals surface area contributed by atoms with Crippen LogP contribution in [-0.4, -0.2) is 70.8 Å². The van der Waals surface area contributed by atoms with Crippen LogP contribution in [0.4, 0.5) is 10.5 Å². The van der Waals surface area contributed by atoms with Crippen LogP contribution in [0.2, 0.25) is 0 Å². The van der Waals surface area contributed by atoms with Crippen LogP contribution in [0.5, 0.6) is 5.75 Å². The molecule has 0 spiro atoms. The lowest BCUT2D eigenvalue weighted by Crippen LogP contribution is -2.71. The van der Waals surface area contributed by atoms with Crippen LogP contribution < -0.4 is 25.6 Å². The van der Waals surface area contributed by atoms with E-state index in [4.69, 9.17) is 9.73 Å². The molecule has 2 aromatic heterocycles. The Labute approximate surface area is 229 Å². The van der Waals surface area contributed by atoms with Crippen LogP contribution in [0.25, 0.3) is 21.6 Å². The van der Waals surface area contributed by atoms with Crippen LogP contribution in [0.3, 0.4) is 0 Å². The van der Waals surface area contributed by atoms with Gasteiger partial charge < -0.3 is 25.4 Å². The fourth-order valence-electron chi connectivity index (χ4n) is 5.21. The number of allylic oxidation sites excluding steroid dienone is 1. The number of hydrogen-bond acceptors (Lipinski definition) is 10. The summed E-state index contributed by atoms with van der Waals surface area (Å²) in [6, 6.07) is 3.35. The average molecular weight is 551 g/mol. The maximum atomic E-state index is 13.1. The van der Waals surface area contributed by atoms with Crippen molar-refractivity contribution in [1.82, 2.24) is 30.9 Å². The van der Waals surface area contributed by atoms with E-state index in [1.54, 1.807) is 50.4 Å². The van der Waals surface area contributed by atoms with Crippen molar-refractivity contribution in [2.45, 2.75) is 26.1 Å². The molecule has 3 unspecified atom stereocenters. The van der Waals surface area contributed by atoms with Gasteiger partial charge in [0.1, 0.15) is 0 Å². The average Bonchev–Trinajstić information content (AvgIpc) is 3.42. The lowest BCUT2D eigenvalue weighted by molar-refractivity contribution is -0.155. The number of piperidine rings is 1. The number of nitrogens with zero attached hydrogens (tertiary/aromatic N) is 5. The molecule has 2 amide bonds. The highest BCUT2D eigenvalue weighted by atomic mass is 32.1. The minimum absolute atomic E-state index is 0.324. The van der Waals surface area contributed by atoms with Gasteiger partial charge in [-0.1, -0.05) is 0 Å². The minimum atomic E-state index is -1.46. The molecule has 3 aromatic rings. The van der Waals surface area contributed by atoms with Gasteiger partial charge in [-0.3, -0.25) is 10.1 Å². The molecule has 0 saturated carbocycles. The van der Waals surface area contributed by atoms with Crippen molar-refractivity contribution >= 4 is 45.5 Å². The Kier molecular flexibility index (Phi) is 7.19. The number of amides is 2. The van der Waals surface area contributed by atoms with Crippen molar-refractivity contribution in [2.24, 2.45) is 16.3 Å². The van der Waals surface area contributed by atoms with E-state index in [1.807, 2.05) is 24.0 Å². The van der Waals surface area contributed by atoms with Gasteiger partial charge in [-0.2, -0.15) is 0 Å². The number of carboxylic acid groups (broad SMARTS) is 1. The van der Waals surface area contributed by atoms with Crippen molar-refractivity contribution < 1.29 is 19.4 Å². The summed E-state index contributed by atoms with van der Waals surface area (Å²) in [4.78, 5) is 45.9. The summed E-state index contributed by atoms with van der Waals surface area (Å²) in [6.07, 6.45) is 8.70. The summed E-state index contributed by atoms with van der Waals surface area (Å²) in [5.74, 6) is -2.04. The zero-order valence-electron chi connectivity index (χ0n) is 21.8. The van der Waals surface area contributed by atoms with E-state index in [1.165, 1.54) is 11.3 Å². The van der Waals surface area contributed by atoms with Gasteiger partial charge in [0, 0.05) is 36.8 Å². The van der Waals surface area contributed by atoms with Crippen molar-refractivity contribution in [3.8, 4) is 17.1 Å². The molecule has 39 heavy (non-hydrogen) atoms. The number of fused-ring (bicyclic) bond motifs is 1. The number of nitrogens with one attached hydrogen (secondary N) is 3. The molecule has 4 heterocycles. The number of carbonyl (C=O) groups excluding carboxylic acids is 1. The molecule has 0 bridgehead atoms. The van der Waals surface area contributed by atoms with E-state index in [0.717, 1.165) is 10.3 Å². The lowest BCUT2D eigenvalue weighted by atomic mass is 9.68. The van der Waals surface area contributed by atoms with Crippen LogP contribution in [0.15, 0.2) is 47.3 Å². The Morgan fingerprint density at radius 2 is 2.08 bits per heavy atom. The van der Waals surface area contributed by atoms with Crippen molar-refractivity contribution in [2.75, 3.05) is 31.6 Å². The first-order valence-corrected chi connectivity index (χ1v) is 13.5. The first kappa shape index (κ1) is 26.5. The predicted octanol–water partition coefficient (Wildman–Crippen LogP) is 2.84. The molecule has 12 nitrogen and oxygen atoms in total. The molecule has 4 N–H and O–H groups in total. The number of thiazole rings is 1. The number of hydrogen-bond donors (Lipinski definition) is 4. The standard InChI is InChI=1S/C26H30N8O4S/c1-4-28-24(37)33-26(20-14-27-8-6-25(20,2)23(35)36)32-7-5-9-34(26)16-10-18(21-19(11-16)31-15-39-21)22-29-12-17(38-3)13-30-22/h5,7,9-13,15,20,27H,4,6,8,14H2,1-3H3,(H,35,36)(H2,28,33,37). The SMILES string of the molecule is CCNC(=O)NC1(C2CNCCC2(C)C(=O)O)N=CC=CN1c1cc(-c2ncc(OC)cn2)c2scnc2c1. The number of benzene rings is 1. The lowest BCUT2D eigenvalue weighted by Gasteiger charge is -2.52. The number of aromatic nitrogens is 3. The van der Waals surface area contributed by atoms with Crippen LogP contribution in [0.1, 0.15) is 20.3 Å². The predicted molar refractivity (Wildman–Crippen MR) is 149 cm³/mol. The number of carboxylic acids is 1. The largest absolute Gasteiger partial charge is 0.494 e. The third kappa shape index (κ3) is 4.68. The van der Waals surface area contributed by atoms with E-state index in [0.29, 0.717) is 48.8 Å². The number of methoxy groups -OCH3 is 1. The van der Waals surface area contributed by atoms with Crippen LogP contribution in [-0.2, 0) is 4.79 Å². The van der Waals surface area contributed by atoms with E-state index < -0.39 is 29.1 Å². The summed E-state index contributed by atoms with van der Waals surface area (Å²) in [5.41, 5.74) is 2.66. The van der Waals surface area contributed by atoms with Gasteiger partial charge in [0.2, 0.25) is 5.79 Å². The van der Waals surface area contributed by atoms with Gasteiger partial charge in [0.25, 0.3) is 0 Å². The maximum absolute atomic E-state index is 13.1. The first-order valence-electron chi connectivity index (χ1n) is 12.6. The molecular formula is C26H30N8O4S. The molecule has 1 saturated heterocycles. The van der Waals surface area contributed by atoms with Gasteiger partial charge in [-0.05, 0) is 45.0 Å². The Bertz CT molecular complexity index is 1440. The summed E-state index contributed by atoms with van der Waals surface area (Å²) < 4.78 is 6.11. The molecule has 0 aliphatic carbocycles. The zero-order chi connectivity index (χ0) is 27.6. The van der Waals surface area contributed by atoms with Gasteiger partial charge in [-0.15, -0.1) is 11.3 Å². The summed E-state index contributed by atoms with van der Waals surface area (Å²) in [6.45, 7) is 4.79. The second kappa shape index (κ2) is 10.6. The molecule has 2 aliphatic rings. The number of carbonyl (C=O) groups is 2. The molecule has 3 atom stereocenters. The quantitative estimate of drug-likeness (QED) is 0.348. The maximum Gasteiger partial charge on any atom is 0.318 e. The van der Waals surface area contributed by atoms with Gasteiger partial charge >= 0.3 is 12.0 Å². The fourth-order valence-corrected chi connectivity index (χ4v) is 5.99. The highest BCUT2D eigenvalue weighted by Gasteiger charge is 2.57. The topological polar surface area (TPSA) is 154 Å². The van der Waals surface area contributed by atoms with Crippen LogP contribution >= 0.6 is 11.3 Å². The Morgan fingerprint density at radius 1 is 1.28 bits per heavy atom. The number of aliphatic imine (C=N–C) groups is 1. The monoisotopic (exact) mass is 550 g/mol. The normalized spacial score (nSPS) is 24.5. The molecule has 1 fully saturated rings. The number of ether oxygens (including phenoxy) is 1. The zero-order valence-corrected chi connectivity index (χ0v) is 22.7. The van der Waals surface area contributed by atoms with Gasteiger partial charge in [0.05, 0.1) is 46.6 Å². The summed E-state index contributed by atoms with van der Waals surface area (Å²) in [5, 5.41) is 19.5. The number of anilines is 1. The van der Waals surface area contributed by atoms with E-state index in [9.17, 15) is 14.7 Å². The van der Waals surface area contributed by atoms with Crippen LogP contribution in [0, 0.1) is 11.3 Å². The second-order valence-corrected chi connectivity index (χ2v) is 10.4. The Morgan fingerprint density at radius 3 is 2.79 bits per heavy atom. The smallest absolute Gasteiger partial charge is 0.318 e. The molecule has 1 aromatic carbocycles. The third-order valence-corrected chi connectivity index (χ3v) is 8.18. The molecule has 2 aliphatic heterocycles. The summed E-state index contributed by atoms with van der Waals surface area (Å²) in [7, 11) is 1.55. The van der Waals surface area contributed by atoms with E-state index >= 15 is 0 Å². The third-order valence-electron chi connectivity index (χ3n) is 7.31. The highest BCUT2D eigenvalue weighted by Crippen LogP contribution is 2.46. The number of aliphatic carboxylic acids is 1. The Hall–Kier alpha value is -4.10. The van der Waals surface area contributed by atoms with Crippen molar-refractivity contribution in [3.63, 3.8) is 0 Å². The molecule has 204 valence electrons. The van der Waals surface area contributed by atoms with Crippen molar-refractivity contribution in [1.29, 1.82) is 0 Å². The molecule has 0 radical (unpaired) electrons. The van der Waals surface area contributed by atoms with E-state index in [2.05, 4.69) is 30.9 Å². The van der Waals surface area contributed by atoms with Crippen molar-refractivity contribution in [3.05, 3.63) is 42.3 Å². The second-order valence-electron chi connectivity index (χ2n) is 9.57. The minimum Gasteiger partial charge on any atom is -0.494 e. The van der Waals surface area contributed by atoms with E-state index in [-0.39, 0.29) is 0 Å². The number of rotatable bonds is 7. The van der Waals surface area contributed by atoms with Gasteiger partial charge in [-0.25, -0.2) is 24.7 Å². The highest BCUT2D eigenvalue weighted by molar-refractivity contribution is 7.17. The Balaban J connectivity index is 1.70. The molecule has 13 heteroatoms. The molecule has 5 rings (SSSR count). The summed E-state index contributed by atoms with van der Waals surface area (Å²) >= 11 is 1.47. The molecular weight excluding hydrogens is 520 g/mol. The van der Waals surface area contributed by atoms with Gasteiger partial charge in [0.15, 0.2) is 11.6 Å².